The molecule has 0 bridgehead atoms. The molecule has 3 aromatic carbocycles. The van der Waals surface area contributed by atoms with E-state index in [0.717, 1.165) is 53.3 Å². The van der Waals surface area contributed by atoms with Crippen LogP contribution in [-0.4, -0.2) is 29.2 Å². The first-order valence-electron chi connectivity index (χ1n) is 11.7. The molecule has 0 saturated carbocycles. The van der Waals surface area contributed by atoms with Crippen LogP contribution in [0.1, 0.15) is 37.2 Å². The van der Waals surface area contributed by atoms with E-state index in [2.05, 4.69) is 16.0 Å². The summed E-state index contributed by atoms with van der Waals surface area (Å²) in [5.41, 5.74) is 3.02. The molecule has 0 spiro atoms. The highest BCUT2D eigenvalue weighted by Crippen LogP contribution is 2.22. The molecule has 1 heterocycles. The van der Waals surface area contributed by atoms with E-state index in [1.807, 2.05) is 79.7 Å². The Hall–Kier alpha value is -3.80. The van der Waals surface area contributed by atoms with Crippen LogP contribution in [0.3, 0.4) is 0 Å². The number of aromatic nitrogens is 2. The lowest BCUT2D eigenvalue weighted by atomic mass is 10.1. The van der Waals surface area contributed by atoms with Gasteiger partial charge in [-0.25, -0.2) is 4.98 Å². The Morgan fingerprint density at radius 1 is 0.941 bits per heavy atom. The SMILES string of the molecule is COc1ccc(OCCCCn2c(C(C)NC(=O)Cc3ccccc3)nc3ccccc32)cc1. The molecule has 0 saturated heterocycles. The van der Waals surface area contributed by atoms with Crippen LogP contribution in [-0.2, 0) is 17.8 Å². The summed E-state index contributed by atoms with van der Waals surface area (Å²) in [6.07, 6.45) is 2.20. The number of nitrogens with zero attached hydrogens (tertiary/aromatic N) is 2. The number of hydrogen-bond acceptors (Lipinski definition) is 4. The summed E-state index contributed by atoms with van der Waals surface area (Å²) in [6.45, 7) is 3.44. The number of unbranched alkanes of at least 4 members (excludes halogenated alkanes) is 1. The molecule has 1 unspecified atom stereocenters. The lowest BCUT2D eigenvalue weighted by Crippen LogP contribution is -2.30. The number of ether oxygens (including phenoxy) is 2. The molecule has 0 aliphatic rings. The molecule has 1 N–H and O–H groups in total. The van der Waals surface area contributed by atoms with Crippen molar-refractivity contribution in [2.75, 3.05) is 13.7 Å². The summed E-state index contributed by atoms with van der Waals surface area (Å²) in [4.78, 5) is 17.5. The van der Waals surface area contributed by atoms with E-state index in [1.54, 1.807) is 7.11 Å². The van der Waals surface area contributed by atoms with E-state index in [1.165, 1.54) is 0 Å². The number of carbonyl (C=O) groups is 1. The minimum absolute atomic E-state index is 0.00908. The average Bonchev–Trinajstić information content (AvgIpc) is 3.23. The van der Waals surface area contributed by atoms with Crippen LogP contribution in [0.2, 0.25) is 0 Å². The third-order valence-corrected chi connectivity index (χ3v) is 5.76. The average molecular weight is 458 g/mol. The number of benzene rings is 3. The van der Waals surface area contributed by atoms with Gasteiger partial charge < -0.3 is 19.4 Å². The van der Waals surface area contributed by atoms with Gasteiger partial charge >= 0.3 is 0 Å². The Morgan fingerprint density at radius 2 is 1.65 bits per heavy atom. The van der Waals surface area contributed by atoms with Gasteiger partial charge in [-0.1, -0.05) is 42.5 Å². The number of aryl methyl sites for hydroxylation is 1. The Labute approximate surface area is 200 Å². The lowest BCUT2D eigenvalue weighted by Gasteiger charge is -2.16. The molecule has 0 aliphatic heterocycles. The van der Waals surface area contributed by atoms with Gasteiger partial charge in [0.1, 0.15) is 17.3 Å². The van der Waals surface area contributed by atoms with Crippen molar-refractivity contribution < 1.29 is 14.3 Å². The molecule has 1 amide bonds. The van der Waals surface area contributed by atoms with Gasteiger partial charge in [-0.15, -0.1) is 0 Å². The molecular formula is C28H31N3O3. The van der Waals surface area contributed by atoms with Crippen molar-refractivity contribution in [3.63, 3.8) is 0 Å². The summed E-state index contributed by atoms with van der Waals surface area (Å²) in [5, 5.41) is 3.12. The third kappa shape index (κ3) is 5.95. The number of nitrogens with one attached hydrogen (secondary N) is 1. The standard InChI is InChI=1S/C28H31N3O3/c1-21(29-27(32)20-22-10-4-3-5-11-22)28-30-25-12-6-7-13-26(25)31(28)18-8-9-19-34-24-16-14-23(33-2)15-17-24/h3-7,10-17,21H,8-9,18-20H2,1-2H3,(H,29,32). The molecule has 6 nitrogen and oxygen atoms in total. The smallest absolute Gasteiger partial charge is 0.224 e. The van der Waals surface area contributed by atoms with Gasteiger partial charge in [0.2, 0.25) is 5.91 Å². The Bertz CT molecular complexity index is 1200. The maximum atomic E-state index is 12.6. The summed E-state index contributed by atoms with van der Waals surface area (Å²) in [6, 6.07) is 25.3. The van der Waals surface area contributed by atoms with E-state index < -0.39 is 0 Å². The molecule has 4 rings (SSSR count). The van der Waals surface area contributed by atoms with Crippen LogP contribution in [0.25, 0.3) is 11.0 Å². The molecule has 1 aromatic heterocycles. The second kappa shape index (κ2) is 11.4. The summed E-state index contributed by atoms with van der Waals surface area (Å²) in [5.74, 6) is 2.52. The Balaban J connectivity index is 1.36. The Kier molecular flexibility index (Phi) is 7.81. The zero-order chi connectivity index (χ0) is 23.8. The second-order valence-electron chi connectivity index (χ2n) is 8.29. The fourth-order valence-electron chi connectivity index (χ4n) is 4.03. The van der Waals surface area contributed by atoms with Crippen molar-refractivity contribution in [3.05, 3.63) is 90.3 Å². The fourth-order valence-corrected chi connectivity index (χ4v) is 4.03. The van der Waals surface area contributed by atoms with E-state index in [0.29, 0.717) is 13.0 Å². The van der Waals surface area contributed by atoms with Gasteiger partial charge in [0.05, 0.1) is 37.2 Å². The maximum Gasteiger partial charge on any atom is 0.224 e. The van der Waals surface area contributed by atoms with Crippen molar-refractivity contribution in [2.45, 2.75) is 38.8 Å². The first-order valence-corrected chi connectivity index (χ1v) is 11.7. The van der Waals surface area contributed by atoms with Crippen molar-refractivity contribution in [2.24, 2.45) is 0 Å². The number of amides is 1. The first-order chi connectivity index (χ1) is 16.6. The third-order valence-electron chi connectivity index (χ3n) is 5.76. The van der Waals surface area contributed by atoms with Gasteiger partial charge in [-0.2, -0.15) is 0 Å². The maximum absolute atomic E-state index is 12.6. The highest BCUT2D eigenvalue weighted by Gasteiger charge is 2.18. The number of carbonyl (C=O) groups excluding carboxylic acids is 1. The number of hydrogen-bond donors (Lipinski definition) is 1. The highest BCUT2D eigenvalue weighted by molar-refractivity contribution is 5.79. The molecule has 0 aliphatic carbocycles. The molecule has 1 atom stereocenters. The van der Waals surface area contributed by atoms with Gasteiger partial charge in [-0.3, -0.25) is 4.79 Å². The summed E-state index contributed by atoms with van der Waals surface area (Å²) >= 11 is 0. The van der Waals surface area contributed by atoms with Crippen molar-refractivity contribution in [3.8, 4) is 11.5 Å². The second-order valence-corrected chi connectivity index (χ2v) is 8.29. The predicted molar refractivity (Wildman–Crippen MR) is 134 cm³/mol. The molecule has 4 aromatic rings. The minimum atomic E-state index is -0.195. The van der Waals surface area contributed by atoms with Gasteiger partial charge in [-0.05, 0) is 61.7 Å². The van der Waals surface area contributed by atoms with Crippen molar-refractivity contribution >= 4 is 16.9 Å². The highest BCUT2D eigenvalue weighted by atomic mass is 16.5. The zero-order valence-electron chi connectivity index (χ0n) is 19.7. The van der Waals surface area contributed by atoms with E-state index in [9.17, 15) is 4.79 Å². The van der Waals surface area contributed by atoms with Crippen molar-refractivity contribution in [1.29, 1.82) is 0 Å². The van der Waals surface area contributed by atoms with Crippen LogP contribution in [0.5, 0.6) is 11.5 Å². The lowest BCUT2D eigenvalue weighted by molar-refractivity contribution is -0.121. The number of rotatable bonds is 11. The molecule has 0 fully saturated rings. The fraction of sp³-hybridized carbons (Fsp3) is 0.286. The van der Waals surface area contributed by atoms with Crippen molar-refractivity contribution in [1.82, 2.24) is 14.9 Å². The van der Waals surface area contributed by atoms with Crippen LogP contribution in [0.15, 0.2) is 78.9 Å². The molecule has 34 heavy (non-hydrogen) atoms. The van der Waals surface area contributed by atoms with Gasteiger partial charge in [0, 0.05) is 6.54 Å². The van der Waals surface area contributed by atoms with Crippen LogP contribution >= 0.6 is 0 Å². The largest absolute Gasteiger partial charge is 0.497 e. The number of para-hydroxylation sites is 2. The number of imidazole rings is 1. The summed E-state index contributed by atoms with van der Waals surface area (Å²) in [7, 11) is 1.65. The summed E-state index contributed by atoms with van der Waals surface area (Å²) < 4.78 is 13.3. The Morgan fingerprint density at radius 3 is 2.41 bits per heavy atom. The van der Waals surface area contributed by atoms with Crippen LogP contribution < -0.4 is 14.8 Å². The van der Waals surface area contributed by atoms with E-state index >= 15 is 0 Å². The van der Waals surface area contributed by atoms with Crippen LogP contribution in [0, 0.1) is 0 Å². The monoisotopic (exact) mass is 457 g/mol. The van der Waals surface area contributed by atoms with Crippen LogP contribution in [0.4, 0.5) is 0 Å². The van der Waals surface area contributed by atoms with Gasteiger partial charge in [0.25, 0.3) is 0 Å². The molecule has 0 radical (unpaired) electrons. The molecule has 176 valence electrons. The number of methoxy groups -OCH3 is 1. The number of fused-ring (bicyclic) bond motifs is 1. The first kappa shape index (κ1) is 23.4. The van der Waals surface area contributed by atoms with Gasteiger partial charge in [0.15, 0.2) is 0 Å². The van der Waals surface area contributed by atoms with E-state index in [4.69, 9.17) is 14.5 Å². The normalized spacial score (nSPS) is 11.8. The molecule has 6 heteroatoms. The predicted octanol–water partition coefficient (Wildman–Crippen LogP) is 5.32. The topological polar surface area (TPSA) is 65.4 Å². The van der Waals surface area contributed by atoms with E-state index in [-0.39, 0.29) is 11.9 Å². The molecular weight excluding hydrogens is 426 g/mol. The quantitative estimate of drug-likeness (QED) is 0.310. The minimum Gasteiger partial charge on any atom is -0.497 e. The zero-order valence-corrected chi connectivity index (χ0v) is 19.7.